The first kappa shape index (κ1) is 21.2. The normalized spacial score (nSPS) is 10.8. The van der Waals surface area contributed by atoms with E-state index in [1.807, 2.05) is 0 Å². The summed E-state index contributed by atoms with van der Waals surface area (Å²) in [7, 11) is 0. The van der Waals surface area contributed by atoms with Gasteiger partial charge in [0.15, 0.2) is 0 Å². The Morgan fingerprint density at radius 3 is 1.68 bits per heavy atom. The maximum Gasteiger partial charge on any atom is 0.505 e. The van der Waals surface area contributed by atoms with Crippen molar-refractivity contribution in [2.75, 3.05) is 33.0 Å². The van der Waals surface area contributed by atoms with E-state index in [1.165, 1.54) is 57.8 Å². The molecule has 0 aromatic carbocycles. The van der Waals surface area contributed by atoms with Crippen LogP contribution >= 0.6 is 0 Å². The molecule has 0 aliphatic carbocycles. The Labute approximate surface area is 135 Å². The molecule has 1 N–H and O–H groups in total. The average Bonchev–Trinajstić information content (AvgIpc) is 2.50. The van der Waals surface area contributed by atoms with Gasteiger partial charge in [-0.2, -0.15) is 0 Å². The molecule has 0 aliphatic heterocycles. The summed E-state index contributed by atoms with van der Waals surface area (Å²) in [5.74, 6) is 0. The van der Waals surface area contributed by atoms with E-state index in [0.29, 0.717) is 13.2 Å². The van der Waals surface area contributed by atoms with E-state index >= 15 is 0 Å². The highest BCUT2D eigenvalue weighted by atomic mass is 16.7. The number of carboxylic acid groups (broad SMARTS) is 1. The fourth-order valence-electron chi connectivity index (χ4n) is 2.20. The van der Waals surface area contributed by atoms with Crippen LogP contribution in [0.3, 0.4) is 0 Å². The maximum absolute atomic E-state index is 10.1. The molecule has 132 valence electrons. The molecule has 0 aliphatic rings. The van der Waals surface area contributed by atoms with E-state index in [0.717, 1.165) is 13.0 Å². The van der Waals surface area contributed by atoms with Crippen LogP contribution in [-0.2, 0) is 14.2 Å². The SMILES string of the molecule is CCCCCCCCCCCCOCCOCCOC(=O)O. The molecule has 0 saturated carbocycles. The van der Waals surface area contributed by atoms with Crippen molar-refractivity contribution in [2.45, 2.75) is 71.1 Å². The number of carbonyl (C=O) groups is 1. The van der Waals surface area contributed by atoms with Gasteiger partial charge < -0.3 is 19.3 Å². The first-order chi connectivity index (χ1) is 10.8. The summed E-state index contributed by atoms with van der Waals surface area (Å²) in [5, 5.41) is 8.24. The second-order valence-corrected chi connectivity index (χ2v) is 5.52. The summed E-state index contributed by atoms with van der Waals surface area (Å²) in [4.78, 5) is 10.1. The maximum atomic E-state index is 10.1. The number of hydrogen-bond donors (Lipinski definition) is 1. The molecule has 0 aromatic heterocycles. The van der Waals surface area contributed by atoms with E-state index < -0.39 is 6.16 Å². The summed E-state index contributed by atoms with van der Waals surface area (Å²) in [6.45, 7) is 4.44. The van der Waals surface area contributed by atoms with Crippen LogP contribution in [-0.4, -0.2) is 44.3 Å². The largest absolute Gasteiger partial charge is 0.505 e. The highest BCUT2D eigenvalue weighted by molar-refractivity contribution is 5.56. The predicted octanol–water partition coefficient (Wildman–Crippen LogP) is 4.64. The third-order valence-electron chi connectivity index (χ3n) is 3.47. The topological polar surface area (TPSA) is 65.0 Å². The lowest BCUT2D eigenvalue weighted by molar-refractivity contribution is 0.0182. The highest BCUT2D eigenvalue weighted by Gasteiger charge is 1.96. The molecule has 0 fully saturated rings. The molecule has 0 bridgehead atoms. The van der Waals surface area contributed by atoms with Gasteiger partial charge in [0.1, 0.15) is 6.61 Å². The second kappa shape index (κ2) is 18.2. The molecule has 0 spiro atoms. The molecular formula is C17H34O5. The van der Waals surface area contributed by atoms with Crippen molar-refractivity contribution in [3.8, 4) is 0 Å². The van der Waals surface area contributed by atoms with E-state index in [-0.39, 0.29) is 13.2 Å². The van der Waals surface area contributed by atoms with Crippen molar-refractivity contribution in [1.82, 2.24) is 0 Å². The lowest BCUT2D eigenvalue weighted by atomic mass is 10.1. The van der Waals surface area contributed by atoms with Crippen molar-refractivity contribution in [2.24, 2.45) is 0 Å². The smallest absolute Gasteiger partial charge is 0.450 e. The minimum absolute atomic E-state index is 0.0772. The van der Waals surface area contributed by atoms with Gasteiger partial charge in [0, 0.05) is 6.61 Å². The zero-order valence-corrected chi connectivity index (χ0v) is 14.2. The zero-order valence-electron chi connectivity index (χ0n) is 14.2. The Morgan fingerprint density at radius 2 is 1.14 bits per heavy atom. The molecule has 0 atom stereocenters. The monoisotopic (exact) mass is 318 g/mol. The first-order valence-corrected chi connectivity index (χ1v) is 8.78. The summed E-state index contributed by atoms with van der Waals surface area (Å²) in [6.07, 6.45) is 12.0. The summed E-state index contributed by atoms with van der Waals surface area (Å²) >= 11 is 0. The van der Waals surface area contributed by atoms with E-state index in [1.54, 1.807) is 0 Å². The highest BCUT2D eigenvalue weighted by Crippen LogP contribution is 2.10. The van der Waals surface area contributed by atoms with Gasteiger partial charge in [-0.25, -0.2) is 4.79 Å². The fourth-order valence-corrected chi connectivity index (χ4v) is 2.20. The minimum Gasteiger partial charge on any atom is -0.450 e. The van der Waals surface area contributed by atoms with Crippen molar-refractivity contribution >= 4 is 6.16 Å². The van der Waals surface area contributed by atoms with Crippen LogP contribution in [0, 0.1) is 0 Å². The van der Waals surface area contributed by atoms with Gasteiger partial charge >= 0.3 is 6.16 Å². The average molecular weight is 318 g/mol. The van der Waals surface area contributed by atoms with Crippen LogP contribution in [0.15, 0.2) is 0 Å². The van der Waals surface area contributed by atoms with Gasteiger partial charge in [0.05, 0.1) is 19.8 Å². The molecule has 0 amide bonds. The Balaban J connectivity index is 2.95. The molecule has 5 heteroatoms. The zero-order chi connectivity index (χ0) is 16.3. The third kappa shape index (κ3) is 19.2. The summed E-state index contributed by atoms with van der Waals surface area (Å²) in [6, 6.07) is 0. The minimum atomic E-state index is -1.26. The Hall–Kier alpha value is -0.810. The van der Waals surface area contributed by atoms with Gasteiger partial charge in [-0.1, -0.05) is 64.7 Å². The quantitative estimate of drug-likeness (QED) is 0.313. The molecule has 0 aromatic rings. The van der Waals surface area contributed by atoms with Crippen LogP contribution in [0.25, 0.3) is 0 Å². The molecule has 0 rings (SSSR count). The van der Waals surface area contributed by atoms with Gasteiger partial charge in [-0.3, -0.25) is 0 Å². The number of unbranched alkanes of at least 4 members (excludes halogenated alkanes) is 9. The van der Waals surface area contributed by atoms with Crippen molar-refractivity contribution in [3.63, 3.8) is 0 Å². The molecule has 0 saturated heterocycles. The van der Waals surface area contributed by atoms with Gasteiger partial charge in [-0.15, -0.1) is 0 Å². The van der Waals surface area contributed by atoms with Gasteiger partial charge in [0.2, 0.25) is 0 Å². The lowest BCUT2D eigenvalue weighted by Gasteiger charge is -2.06. The number of hydrogen-bond acceptors (Lipinski definition) is 4. The molecule has 5 nitrogen and oxygen atoms in total. The van der Waals surface area contributed by atoms with Gasteiger partial charge in [-0.05, 0) is 6.42 Å². The fraction of sp³-hybridized carbons (Fsp3) is 0.941. The van der Waals surface area contributed by atoms with Crippen LogP contribution in [0.5, 0.6) is 0 Å². The Morgan fingerprint density at radius 1 is 0.682 bits per heavy atom. The second-order valence-electron chi connectivity index (χ2n) is 5.52. The number of rotatable bonds is 17. The summed E-state index contributed by atoms with van der Waals surface area (Å²) < 4.78 is 14.9. The Bertz CT molecular complexity index is 233. The van der Waals surface area contributed by atoms with Crippen LogP contribution in [0.4, 0.5) is 4.79 Å². The van der Waals surface area contributed by atoms with Crippen LogP contribution in [0.2, 0.25) is 0 Å². The first-order valence-electron chi connectivity index (χ1n) is 8.78. The molecule has 0 heterocycles. The van der Waals surface area contributed by atoms with Crippen LogP contribution in [0.1, 0.15) is 71.1 Å². The van der Waals surface area contributed by atoms with Crippen LogP contribution < -0.4 is 0 Å². The van der Waals surface area contributed by atoms with E-state index in [2.05, 4.69) is 11.7 Å². The van der Waals surface area contributed by atoms with Crippen molar-refractivity contribution in [3.05, 3.63) is 0 Å². The lowest BCUT2D eigenvalue weighted by Crippen LogP contribution is -2.11. The Kier molecular flexibility index (Phi) is 17.6. The third-order valence-corrected chi connectivity index (χ3v) is 3.47. The molecule has 22 heavy (non-hydrogen) atoms. The van der Waals surface area contributed by atoms with Crippen molar-refractivity contribution < 1.29 is 24.1 Å². The standard InChI is InChI=1S/C17H34O5/c1-2-3-4-5-6-7-8-9-10-11-12-20-13-14-21-15-16-22-17(18)19/h2-16H2,1H3,(H,18,19). The summed E-state index contributed by atoms with van der Waals surface area (Å²) in [5.41, 5.74) is 0. The predicted molar refractivity (Wildman–Crippen MR) is 87.5 cm³/mol. The molecule has 0 radical (unpaired) electrons. The molecular weight excluding hydrogens is 284 g/mol. The number of ether oxygens (including phenoxy) is 3. The van der Waals surface area contributed by atoms with Crippen molar-refractivity contribution in [1.29, 1.82) is 0 Å². The van der Waals surface area contributed by atoms with E-state index in [4.69, 9.17) is 14.6 Å². The molecule has 0 unspecified atom stereocenters. The van der Waals surface area contributed by atoms with Gasteiger partial charge in [0.25, 0.3) is 0 Å². The van der Waals surface area contributed by atoms with E-state index in [9.17, 15) is 4.79 Å².